The van der Waals surface area contributed by atoms with Gasteiger partial charge in [0.2, 0.25) is 5.91 Å². The number of fused-ring (bicyclic) bond motifs is 1. The summed E-state index contributed by atoms with van der Waals surface area (Å²) in [5.41, 5.74) is 3.47. The van der Waals surface area contributed by atoms with Crippen LogP contribution in [0.4, 0.5) is 11.4 Å². The quantitative estimate of drug-likeness (QED) is 0.702. The molecule has 166 valence electrons. The number of amides is 2. The minimum Gasteiger partial charge on any atom is -0.465 e. The molecule has 2 amide bonds. The van der Waals surface area contributed by atoms with Gasteiger partial charge in [-0.1, -0.05) is 24.8 Å². The van der Waals surface area contributed by atoms with Crippen LogP contribution in [0, 0.1) is 0 Å². The van der Waals surface area contributed by atoms with E-state index in [9.17, 15) is 14.4 Å². The Hall–Kier alpha value is -3.65. The van der Waals surface area contributed by atoms with E-state index in [0.29, 0.717) is 30.2 Å². The summed E-state index contributed by atoms with van der Waals surface area (Å²) in [5, 5.41) is 2.78. The van der Waals surface area contributed by atoms with E-state index >= 15 is 0 Å². The van der Waals surface area contributed by atoms with Crippen LogP contribution in [0.15, 0.2) is 49.0 Å². The molecular formula is C24H25N3O5. The Morgan fingerprint density at radius 2 is 1.84 bits per heavy atom. The maximum atomic E-state index is 12.6. The highest BCUT2D eigenvalue weighted by molar-refractivity contribution is 6.09. The number of esters is 1. The molecule has 2 aromatic carbocycles. The second-order valence-electron chi connectivity index (χ2n) is 7.57. The summed E-state index contributed by atoms with van der Waals surface area (Å²) in [5.74, 6) is -1.01. The summed E-state index contributed by atoms with van der Waals surface area (Å²) in [7, 11) is 1.30. The van der Waals surface area contributed by atoms with Gasteiger partial charge in [-0.25, -0.2) is 4.79 Å². The largest absolute Gasteiger partial charge is 0.465 e. The molecule has 0 aromatic heterocycles. The van der Waals surface area contributed by atoms with Crippen LogP contribution in [0.5, 0.6) is 0 Å². The third-order valence-corrected chi connectivity index (χ3v) is 5.66. The molecule has 0 spiro atoms. The van der Waals surface area contributed by atoms with Gasteiger partial charge in [0.05, 0.1) is 31.6 Å². The molecule has 0 saturated carbocycles. The van der Waals surface area contributed by atoms with E-state index in [-0.39, 0.29) is 30.3 Å². The molecule has 1 N–H and O–H groups in total. The number of benzene rings is 2. The van der Waals surface area contributed by atoms with Crippen LogP contribution in [0.1, 0.15) is 32.7 Å². The summed E-state index contributed by atoms with van der Waals surface area (Å²) < 4.78 is 10.3. The lowest BCUT2D eigenvalue weighted by Crippen LogP contribution is -2.36. The summed E-state index contributed by atoms with van der Waals surface area (Å²) in [6.07, 6.45) is 0.0601. The van der Waals surface area contributed by atoms with Crippen molar-refractivity contribution in [3.05, 3.63) is 65.7 Å². The van der Waals surface area contributed by atoms with Crippen molar-refractivity contribution in [1.29, 1.82) is 0 Å². The number of hydrogen-bond acceptors (Lipinski definition) is 6. The molecule has 2 aliphatic heterocycles. The molecular weight excluding hydrogens is 410 g/mol. The Bertz CT molecular complexity index is 1040. The van der Waals surface area contributed by atoms with Crippen molar-refractivity contribution in [2.24, 2.45) is 0 Å². The molecule has 0 radical (unpaired) electrons. The van der Waals surface area contributed by atoms with Gasteiger partial charge in [-0.2, -0.15) is 0 Å². The first-order valence-corrected chi connectivity index (χ1v) is 10.4. The van der Waals surface area contributed by atoms with Crippen LogP contribution in [0.3, 0.4) is 0 Å². The van der Waals surface area contributed by atoms with Crippen molar-refractivity contribution in [2.75, 3.05) is 50.2 Å². The van der Waals surface area contributed by atoms with E-state index in [1.54, 1.807) is 24.3 Å². The van der Waals surface area contributed by atoms with Crippen molar-refractivity contribution < 1.29 is 23.9 Å². The molecule has 0 unspecified atom stereocenters. The Morgan fingerprint density at radius 3 is 2.53 bits per heavy atom. The van der Waals surface area contributed by atoms with Gasteiger partial charge >= 0.3 is 5.97 Å². The summed E-state index contributed by atoms with van der Waals surface area (Å²) >= 11 is 0. The fourth-order valence-corrected chi connectivity index (χ4v) is 3.94. The molecule has 0 aliphatic carbocycles. The average Bonchev–Trinajstić information content (AvgIpc) is 3.07. The van der Waals surface area contributed by atoms with Gasteiger partial charge in [-0.05, 0) is 24.3 Å². The number of methoxy groups -OCH3 is 1. The van der Waals surface area contributed by atoms with Crippen molar-refractivity contribution in [2.45, 2.75) is 6.42 Å². The van der Waals surface area contributed by atoms with E-state index in [2.05, 4.69) is 16.8 Å². The predicted octanol–water partition coefficient (Wildman–Crippen LogP) is 2.77. The minimum atomic E-state index is -0.533. The van der Waals surface area contributed by atoms with Crippen LogP contribution in [0.2, 0.25) is 0 Å². The third kappa shape index (κ3) is 4.22. The fraction of sp³-hybridized carbons (Fsp3) is 0.292. The van der Waals surface area contributed by atoms with Gasteiger partial charge in [0.1, 0.15) is 0 Å². The van der Waals surface area contributed by atoms with E-state index < -0.39 is 5.97 Å². The maximum Gasteiger partial charge on any atom is 0.340 e. The summed E-state index contributed by atoms with van der Waals surface area (Å²) in [6.45, 7) is 6.87. The average molecular weight is 435 g/mol. The van der Waals surface area contributed by atoms with Crippen LogP contribution in [0.25, 0.3) is 5.70 Å². The molecule has 0 atom stereocenters. The monoisotopic (exact) mass is 435 g/mol. The number of carbonyl (C=O) groups excluding carboxylic acids is 3. The SMILES string of the molecule is C=C1c2ccccc2C(=O)N1CCC(=O)Nc1ccc(N2CCOCC2)cc1C(=O)OC. The molecule has 32 heavy (non-hydrogen) atoms. The van der Waals surface area contributed by atoms with Gasteiger partial charge in [0.25, 0.3) is 5.91 Å². The molecule has 2 heterocycles. The van der Waals surface area contributed by atoms with Gasteiger partial charge < -0.3 is 24.6 Å². The molecule has 1 saturated heterocycles. The van der Waals surface area contributed by atoms with E-state index in [1.165, 1.54) is 12.0 Å². The maximum absolute atomic E-state index is 12.6. The molecule has 2 aliphatic rings. The second kappa shape index (κ2) is 9.23. The fourth-order valence-electron chi connectivity index (χ4n) is 3.94. The number of nitrogens with one attached hydrogen (secondary N) is 1. The molecule has 4 rings (SSSR count). The Labute approximate surface area is 186 Å². The van der Waals surface area contributed by atoms with Gasteiger partial charge in [-0.3, -0.25) is 9.59 Å². The number of anilines is 2. The second-order valence-corrected chi connectivity index (χ2v) is 7.57. The molecule has 1 fully saturated rings. The highest BCUT2D eigenvalue weighted by Gasteiger charge is 2.30. The lowest BCUT2D eigenvalue weighted by Gasteiger charge is -2.29. The van der Waals surface area contributed by atoms with E-state index in [1.807, 2.05) is 18.2 Å². The zero-order valence-electron chi connectivity index (χ0n) is 17.9. The predicted molar refractivity (Wildman–Crippen MR) is 121 cm³/mol. The van der Waals surface area contributed by atoms with Crippen LogP contribution in [-0.2, 0) is 14.3 Å². The highest BCUT2D eigenvalue weighted by Crippen LogP contribution is 2.31. The van der Waals surface area contributed by atoms with Crippen molar-refractivity contribution in [3.63, 3.8) is 0 Å². The molecule has 8 heteroatoms. The number of morpholine rings is 1. The number of nitrogens with zero attached hydrogens (tertiary/aromatic N) is 2. The van der Waals surface area contributed by atoms with Crippen molar-refractivity contribution in [3.8, 4) is 0 Å². The van der Waals surface area contributed by atoms with E-state index in [0.717, 1.165) is 24.3 Å². The Kier molecular flexibility index (Phi) is 6.23. The molecule has 2 aromatic rings. The van der Waals surface area contributed by atoms with Crippen LogP contribution < -0.4 is 10.2 Å². The van der Waals surface area contributed by atoms with Gasteiger partial charge in [0, 0.05) is 48.6 Å². The molecule has 0 bridgehead atoms. The van der Waals surface area contributed by atoms with Crippen LogP contribution >= 0.6 is 0 Å². The van der Waals surface area contributed by atoms with Crippen molar-refractivity contribution in [1.82, 2.24) is 4.90 Å². The number of carbonyl (C=O) groups is 3. The Morgan fingerprint density at radius 1 is 1.12 bits per heavy atom. The third-order valence-electron chi connectivity index (χ3n) is 5.66. The van der Waals surface area contributed by atoms with Gasteiger partial charge in [0.15, 0.2) is 0 Å². The number of rotatable bonds is 6. The van der Waals surface area contributed by atoms with E-state index in [4.69, 9.17) is 9.47 Å². The normalized spacial score (nSPS) is 15.5. The minimum absolute atomic E-state index is 0.0601. The first-order chi connectivity index (χ1) is 15.5. The highest BCUT2D eigenvalue weighted by atomic mass is 16.5. The first-order valence-electron chi connectivity index (χ1n) is 10.4. The lowest BCUT2D eigenvalue weighted by molar-refractivity contribution is -0.116. The molecule has 8 nitrogen and oxygen atoms in total. The van der Waals surface area contributed by atoms with Crippen molar-refractivity contribution >= 4 is 34.9 Å². The lowest BCUT2D eigenvalue weighted by atomic mass is 10.1. The topological polar surface area (TPSA) is 88.2 Å². The first kappa shape index (κ1) is 21.6. The number of ether oxygens (including phenoxy) is 2. The smallest absolute Gasteiger partial charge is 0.340 e. The standard InChI is InChI=1S/C24H25N3O5/c1-16-18-5-3-4-6-19(18)23(29)27(16)10-9-22(28)25-21-8-7-17(15-20(21)24(30)31-2)26-11-13-32-14-12-26/h3-8,15H,1,9-14H2,2H3,(H,25,28). The van der Waals surface area contributed by atoms with Gasteiger partial charge in [-0.15, -0.1) is 0 Å². The van der Waals surface area contributed by atoms with Crippen LogP contribution in [-0.4, -0.2) is 62.6 Å². The summed E-state index contributed by atoms with van der Waals surface area (Å²) in [4.78, 5) is 41.2. The summed E-state index contributed by atoms with van der Waals surface area (Å²) in [6, 6.07) is 12.5. The number of hydrogen-bond donors (Lipinski definition) is 1. The Balaban J connectivity index is 1.44. The zero-order chi connectivity index (χ0) is 22.7. The zero-order valence-corrected chi connectivity index (χ0v) is 17.9.